The minimum Gasteiger partial charge on any atom is -0.365 e. The van der Waals surface area contributed by atoms with E-state index in [0.29, 0.717) is 25.3 Å². The van der Waals surface area contributed by atoms with Gasteiger partial charge in [0.05, 0.1) is 24.4 Å². The highest BCUT2D eigenvalue weighted by atomic mass is 19.1. The minimum absolute atomic E-state index is 0.0724. The van der Waals surface area contributed by atoms with Crippen LogP contribution in [0.15, 0.2) is 48.8 Å². The molecule has 32 heavy (non-hydrogen) atoms. The minimum atomic E-state index is -0.256. The van der Waals surface area contributed by atoms with Crippen LogP contribution in [-0.2, 0) is 24.4 Å². The Morgan fingerprint density at radius 3 is 2.75 bits per heavy atom. The van der Waals surface area contributed by atoms with Gasteiger partial charge in [0.15, 0.2) is 0 Å². The highest BCUT2D eigenvalue weighted by molar-refractivity contribution is 5.94. The molecule has 2 aromatic heterocycles. The van der Waals surface area contributed by atoms with Crippen LogP contribution in [0.2, 0.25) is 0 Å². The van der Waals surface area contributed by atoms with Crippen molar-refractivity contribution < 1.29 is 13.9 Å². The van der Waals surface area contributed by atoms with Crippen LogP contribution in [0.25, 0.3) is 0 Å². The summed E-state index contributed by atoms with van der Waals surface area (Å²) in [6.07, 6.45) is 4.86. The van der Waals surface area contributed by atoms with Gasteiger partial charge in [0, 0.05) is 38.1 Å². The number of fused-ring (bicyclic) bond motifs is 1. The number of hydrogen-bond acceptors (Lipinski definition) is 6. The molecule has 1 saturated heterocycles. The lowest BCUT2D eigenvalue weighted by Gasteiger charge is -2.32. The maximum Gasteiger partial charge on any atom is 0.253 e. The Bertz CT molecular complexity index is 1060. The average molecular weight is 436 g/mol. The molecule has 1 fully saturated rings. The number of aromatic nitrogens is 4. The highest BCUT2D eigenvalue weighted by Crippen LogP contribution is 2.27. The van der Waals surface area contributed by atoms with Crippen molar-refractivity contribution in [2.75, 3.05) is 13.1 Å². The molecule has 166 valence electrons. The number of hydrogen-bond donors (Lipinski definition) is 1. The molecule has 2 aliphatic rings. The summed E-state index contributed by atoms with van der Waals surface area (Å²) in [7, 11) is 0. The van der Waals surface area contributed by atoms with Crippen molar-refractivity contribution in [1.82, 2.24) is 30.2 Å². The number of benzene rings is 1. The zero-order valence-corrected chi connectivity index (χ0v) is 17.7. The third kappa shape index (κ3) is 4.53. The Morgan fingerprint density at radius 2 is 2.00 bits per heavy atom. The van der Waals surface area contributed by atoms with Crippen LogP contribution >= 0.6 is 0 Å². The van der Waals surface area contributed by atoms with Gasteiger partial charge >= 0.3 is 0 Å². The summed E-state index contributed by atoms with van der Waals surface area (Å²) < 4.78 is 21.1. The summed E-state index contributed by atoms with van der Waals surface area (Å²) in [5, 5.41) is 11.8. The molecule has 2 aliphatic heterocycles. The van der Waals surface area contributed by atoms with Gasteiger partial charge in [-0.25, -0.2) is 9.07 Å². The zero-order valence-electron chi connectivity index (χ0n) is 17.7. The van der Waals surface area contributed by atoms with E-state index in [1.54, 1.807) is 36.7 Å². The second-order valence-corrected chi connectivity index (χ2v) is 8.28. The van der Waals surface area contributed by atoms with Crippen molar-refractivity contribution in [3.63, 3.8) is 0 Å². The van der Waals surface area contributed by atoms with E-state index in [4.69, 9.17) is 4.74 Å². The molecule has 8 nitrogen and oxygen atoms in total. The summed E-state index contributed by atoms with van der Waals surface area (Å²) in [6.45, 7) is 3.47. The molecule has 0 saturated carbocycles. The SMILES string of the molecule is O=C(NC1CCN(Cc2nnn3c2COC(c2ccc(F)cc2)C3)CC1)c1cccnc1. The lowest BCUT2D eigenvalue weighted by molar-refractivity contribution is -0.00220. The number of carbonyl (C=O) groups excluding carboxylic acids is 1. The number of amides is 1. The van der Waals surface area contributed by atoms with Crippen LogP contribution in [0.4, 0.5) is 4.39 Å². The Kier molecular flexibility index (Phi) is 5.91. The van der Waals surface area contributed by atoms with Crippen LogP contribution in [-0.4, -0.2) is 49.9 Å². The van der Waals surface area contributed by atoms with E-state index in [1.165, 1.54) is 12.1 Å². The largest absolute Gasteiger partial charge is 0.365 e. The third-order valence-electron chi connectivity index (χ3n) is 6.14. The van der Waals surface area contributed by atoms with E-state index in [9.17, 15) is 9.18 Å². The smallest absolute Gasteiger partial charge is 0.253 e. The first-order valence-corrected chi connectivity index (χ1v) is 10.9. The number of carbonyl (C=O) groups is 1. The number of halogens is 1. The number of pyridine rings is 1. The van der Waals surface area contributed by atoms with E-state index < -0.39 is 0 Å². The number of rotatable bonds is 5. The molecule has 3 aromatic rings. The second kappa shape index (κ2) is 9.13. The van der Waals surface area contributed by atoms with E-state index in [0.717, 1.165) is 42.9 Å². The van der Waals surface area contributed by atoms with Crippen LogP contribution in [0, 0.1) is 5.82 Å². The molecule has 5 rings (SSSR count). The summed E-state index contributed by atoms with van der Waals surface area (Å²) in [5.41, 5.74) is 3.45. The average Bonchev–Trinajstić information content (AvgIpc) is 3.23. The lowest BCUT2D eigenvalue weighted by atomic mass is 10.0. The Hall–Kier alpha value is -3.17. The van der Waals surface area contributed by atoms with Crippen molar-refractivity contribution in [3.05, 3.63) is 77.1 Å². The number of likely N-dealkylation sites (tertiary alicyclic amines) is 1. The van der Waals surface area contributed by atoms with Crippen molar-refractivity contribution >= 4 is 5.91 Å². The topological polar surface area (TPSA) is 85.2 Å². The maximum absolute atomic E-state index is 13.2. The van der Waals surface area contributed by atoms with Gasteiger partial charge in [0.2, 0.25) is 0 Å². The van der Waals surface area contributed by atoms with Gasteiger partial charge in [0.25, 0.3) is 5.91 Å². The lowest BCUT2D eigenvalue weighted by Crippen LogP contribution is -2.44. The van der Waals surface area contributed by atoms with Crippen LogP contribution < -0.4 is 5.32 Å². The van der Waals surface area contributed by atoms with Gasteiger partial charge in [-0.3, -0.25) is 14.7 Å². The van der Waals surface area contributed by atoms with Gasteiger partial charge < -0.3 is 10.1 Å². The summed E-state index contributed by atoms with van der Waals surface area (Å²) >= 11 is 0. The predicted molar refractivity (Wildman–Crippen MR) is 114 cm³/mol. The Balaban J connectivity index is 1.14. The molecular formula is C23H25FN6O2. The fourth-order valence-electron chi connectivity index (χ4n) is 4.28. The first kappa shape index (κ1) is 20.7. The third-order valence-corrected chi connectivity index (χ3v) is 6.14. The van der Waals surface area contributed by atoms with Crippen LogP contribution in [0.3, 0.4) is 0 Å². The Morgan fingerprint density at radius 1 is 1.19 bits per heavy atom. The fraction of sp³-hybridized carbons (Fsp3) is 0.391. The molecule has 0 spiro atoms. The number of piperidine rings is 1. The van der Waals surface area contributed by atoms with Gasteiger partial charge in [0.1, 0.15) is 17.6 Å². The monoisotopic (exact) mass is 436 g/mol. The molecule has 0 bridgehead atoms. The second-order valence-electron chi connectivity index (χ2n) is 8.28. The maximum atomic E-state index is 13.2. The molecule has 1 N–H and O–H groups in total. The fourth-order valence-corrected chi connectivity index (χ4v) is 4.28. The Labute approximate surface area is 185 Å². The standard InChI is InChI=1S/C23H25FN6O2/c24-18-5-3-16(4-6-18)22-14-30-21(15-32-22)20(27-28-30)13-29-10-7-19(8-11-29)26-23(31)17-2-1-9-25-12-17/h1-6,9,12,19,22H,7-8,10-11,13-15H2,(H,26,31). The quantitative estimate of drug-likeness (QED) is 0.662. The van der Waals surface area contributed by atoms with E-state index >= 15 is 0 Å². The number of ether oxygens (including phenoxy) is 1. The van der Waals surface area contributed by atoms with E-state index in [-0.39, 0.29) is 23.9 Å². The summed E-state index contributed by atoms with van der Waals surface area (Å²) in [5.74, 6) is -0.328. The van der Waals surface area contributed by atoms with Crippen molar-refractivity contribution in [3.8, 4) is 0 Å². The highest BCUT2D eigenvalue weighted by Gasteiger charge is 2.27. The first-order chi connectivity index (χ1) is 15.7. The van der Waals surface area contributed by atoms with Gasteiger partial charge in [-0.05, 0) is 42.7 Å². The van der Waals surface area contributed by atoms with Crippen molar-refractivity contribution in [2.24, 2.45) is 0 Å². The summed E-state index contributed by atoms with van der Waals surface area (Å²) in [6, 6.07) is 10.1. The molecule has 1 atom stereocenters. The molecule has 4 heterocycles. The van der Waals surface area contributed by atoms with Crippen molar-refractivity contribution in [1.29, 1.82) is 0 Å². The van der Waals surface area contributed by atoms with Gasteiger partial charge in [-0.2, -0.15) is 0 Å². The van der Waals surface area contributed by atoms with Gasteiger partial charge in [-0.1, -0.05) is 17.3 Å². The van der Waals surface area contributed by atoms with E-state index in [2.05, 4.69) is 25.5 Å². The van der Waals surface area contributed by atoms with Crippen LogP contribution in [0.1, 0.15) is 46.3 Å². The number of nitrogens with zero attached hydrogens (tertiary/aromatic N) is 5. The molecule has 0 aliphatic carbocycles. The molecule has 1 amide bonds. The van der Waals surface area contributed by atoms with Crippen LogP contribution in [0.5, 0.6) is 0 Å². The van der Waals surface area contributed by atoms with Gasteiger partial charge in [-0.15, -0.1) is 5.10 Å². The summed E-state index contributed by atoms with van der Waals surface area (Å²) in [4.78, 5) is 18.7. The van der Waals surface area contributed by atoms with E-state index in [1.807, 2.05) is 4.68 Å². The normalized spacial score (nSPS) is 19.5. The molecule has 9 heteroatoms. The molecule has 1 unspecified atom stereocenters. The van der Waals surface area contributed by atoms with Crippen molar-refractivity contribution in [2.45, 2.75) is 44.7 Å². The first-order valence-electron chi connectivity index (χ1n) is 10.9. The molecule has 1 aromatic carbocycles. The molecule has 0 radical (unpaired) electrons. The predicted octanol–water partition coefficient (Wildman–Crippen LogP) is 2.48. The number of nitrogens with one attached hydrogen (secondary N) is 1. The zero-order chi connectivity index (χ0) is 21.9. The molecular weight excluding hydrogens is 411 g/mol.